The van der Waals surface area contributed by atoms with E-state index >= 15 is 8.78 Å². The quantitative estimate of drug-likeness (QED) is 0.123. The summed E-state index contributed by atoms with van der Waals surface area (Å²) in [6, 6.07) is 0. The molecule has 4 aromatic rings. The van der Waals surface area contributed by atoms with Gasteiger partial charge >= 0.3 is 6.72 Å². The Balaban J connectivity index is 1.19. The number of aromatic nitrogens is 8. The van der Waals surface area contributed by atoms with Gasteiger partial charge in [0.15, 0.2) is 22.3 Å². The molecule has 6 rings (SSSR count). The van der Waals surface area contributed by atoms with Gasteiger partial charge in [-0.15, -0.1) is 11.8 Å². The predicted molar refractivity (Wildman–Crippen MR) is 145 cm³/mol. The van der Waals surface area contributed by atoms with E-state index < -0.39 is 78.6 Å². The van der Waals surface area contributed by atoms with Crippen molar-refractivity contribution in [3.8, 4) is 0 Å². The number of anilines is 1. The van der Waals surface area contributed by atoms with E-state index in [2.05, 4.69) is 29.9 Å². The topological polar surface area (TPSA) is 242 Å². The van der Waals surface area contributed by atoms with Crippen LogP contribution in [0.2, 0.25) is 0 Å². The highest BCUT2D eigenvalue weighted by atomic mass is 32.5. The van der Waals surface area contributed by atoms with Gasteiger partial charge < -0.3 is 35.1 Å². The summed E-state index contributed by atoms with van der Waals surface area (Å²) in [4.78, 5) is 55.4. The molecule has 0 amide bonds. The van der Waals surface area contributed by atoms with Gasteiger partial charge in [0.25, 0.3) is 11.1 Å². The van der Waals surface area contributed by atoms with Crippen molar-refractivity contribution in [2.45, 2.75) is 40.9 Å². The SMILES string of the molecule is Nc1nc2c(ncn2[C@@H]2S[C@H](CO)[C@@H](F)[C@H]2OP(O)(=S)OC[C@H]2OCC(F)(n3cnc4c(=O)[nH]cnc43)[C@@H]2O)c(=O)[nH]1. The van der Waals surface area contributed by atoms with Crippen molar-refractivity contribution in [2.75, 3.05) is 25.6 Å². The van der Waals surface area contributed by atoms with Crippen molar-refractivity contribution in [1.82, 2.24) is 39.0 Å². The molecule has 4 aromatic heterocycles. The van der Waals surface area contributed by atoms with Gasteiger partial charge in [0.2, 0.25) is 11.7 Å². The van der Waals surface area contributed by atoms with Crippen LogP contribution in [0.4, 0.5) is 14.7 Å². The van der Waals surface area contributed by atoms with Gasteiger partial charge in [-0.3, -0.25) is 28.2 Å². The molecule has 0 aromatic carbocycles. The molecular formula is C20H22F2N9O8PS2. The number of hydrogen-bond donors (Lipinski definition) is 6. The first-order valence-corrected chi connectivity index (χ1v) is 15.6. The monoisotopic (exact) mass is 649 g/mol. The lowest BCUT2D eigenvalue weighted by molar-refractivity contribution is -0.0462. The highest BCUT2D eigenvalue weighted by Crippen LogP contribution is 2.54. The molecule has 0 spiro atoms. The molecule has 226 valence electrons. The van der Waals surface area contributed by atoms with E-state index in [1.54, 1.807) is 0 Å². The molecule has 0 saturated carbocycles. The third-order valence-corrected chi connectivity index (χ3v) is 9.96. The lowest BCUT2D eigenvalue weighted by atomic mass is 10.1. The van der Waals surface area contributed by atoms with Crippen LogP contribution in [-0.4, -0.2) is 104 Å². The number of aliphatic hydroxyl groups excluding tert-OH is 2. The van der Waals surface area contributed by atoms with Crippen LogP contribution in [0.3, 0.4) is 0 Å². The number of imidazole rings is 2. The third-order valence-electron chi connectivity index (χ3n) is 6.87. The van der Waals surface area contributed by atoms with Crippen LogP contribution in [0.15, 0.2) is 28.6 Å². The summed E-state index contributed by atoms with van der Waals surface area (Å²) in [7, 11) is 0. The minimum atomic E-state index is -4.30. The second-order valence-electron chi connectivity index (χ2n) is 9.43. The molecule has 0 aliphatic carbocycles. The lowest BCUT2D eigenvalue weighted by Crippen LogP contribution is -2.43. The number of fused-ring (bicyclic) bond motifs is 2. The highest BCUT2D eigenvalue weighted by molar-refractivity contribution is 8.07. The Morgan fingerprint density at radius 3 is 2.76 bits per heavy atom. The lowest BCUT2D eigenvalue weighted by Gasteiger charge is -2.28. The van der Waals surface area contributed by atoms with Gasteiger partial charge in [-0.05, 0) is 11.8 Å². The number of halogens is 2. The third kappa shape index (κ3) is 4.83. The van der Waals surface area contributed by atoms with Crippen molar-refractivity contribution in [3.05, 3.63) is 39.7 Å². The number of rotatable bonds is 8. The number of nitrogens with two attached hydrogens (primary N) is 1. The molecule has 2 saturated heterocycles. The summed E-state index contributed by atoms with van der Waals surface area (Å²) in [6.45, 7) is -6.24. The van der Waals surface area contributed by atoms with E-state index in [9.17, 15) is 24.7 Å². The Morgan fingerprint density at radius 2 is 2.00 bits per heavy atom. The van der Waals surface area contributed by atoms with Crippen LogP contribution in [-0.2, 0) is 31.4 Å². The summed E-state index contributed by atoms with van der Waals surface area (Å²) in [5.74, 6) is -2.82. The van der Waals surface area contributed by atoms with E-state index in [4.69, 9.17) is 31.3 Å². The van der Waals surface area contributed by atoms with Crippen LogP contribution in [0, 0.1) is 0 Å². The van der Waals surface area contributed by atoms with E-state index in [1.165, 1.54) is 10.9 Å². The zero-order valence-corrected chi connectivity index (χ0v) is 23.5. The Kier molecular flexibility index (Phi) is 7.43. The zero-order valence-electron chi connectivity index (χ0n) is 21.0. The molecule has 2 aliphatic rings. The molecule has 7 N–H and O–H groups in total. The molecule has 6 heterocycles. The summed E-state index contributed by atoms with van der Waals surface area (Å²) in [5, 5.41) is 18.4. The number of H-pyrrole nitrogens is 2. The van der Waals surface area contributed by atoms with Crippen molar-refractivity contribution in [1.29, 1.82) is 0 Å². The molecule has 2 unspecified atom stereocenters. The second kappa shape index (κ2) is 10.7. The van der Waals surface area contributed by atoms with E-state index in [1.807, 2.05) is 0 Å². The van der Waals surface area contributed by atoms with Gasteiger partial charge in [0, 0.05) is 0 Å². The van der Waals surface area contributed by atoms with Gasteiger partial charge in [0.1, 0.15) is 42.8 Å². The molecule has 0 radical (unpaired) electrons. The van der Waals surface area contributed by atoms with Crippen molar-refractivity contribution in [3.63, 3.8) is 0 Å². The molecule has 42 heavy (non-hydrogen) atoms. The van der Waals surface area contributed by atoms with E-state index in [0.717, 1.165) is 29.0 Å². The van der Waals surface area contributed by atoms with Crippen molar-refractivity contribution >= 4 is 58.6 Å². The molecule has 8 atom stereocenters. The Hall–Kier alpha value is -2.88. The van der Waals surface area contributed by atoms with Crippen LogP contribution < -0.4 is 16.9 Å². The van der Waals surface area contributed by atoms with Crippen molar-refractivity contribution in [2.24, 2.45) is 0 Å². The maximum absolute atomic E-state index is 16.0. The van der Waals surface area contributed by atoms with E-state index in [-0.39, 0.29) is 28.3 Å². The van der Waals surface area contributed by atoms with Crippen molar-refractivity contribution < 1.29 is 37.7 Å². The average molecular weight is 650 g/mol. The van der Waals surface area contributed by atoms with E-state index in [0.29, 0.717) is 0 Å². The fourth-order valence-electron chi connectivity index (χ4n) is 4.81. The summed E-state index contributed by atoms with van der Waals surface area (Å²) in [6.07, 6.45) is -3.38. The Bertz CT molecular complexity index is 1820. The minimum Gasteiger partial charge on any atom is -0.395 e. The number of thioether (sulfide) groups is 1. The average Bonchev–Trinajstić information content (AvgIpc) is 3.70. The number of nitrogen functional groups attached to an aromatic ring is 1. The first-order chi connectivity index (χ1) is 19.9. The van der Waals surface area contributed by atoms with Gasteiger partial charge in [-0.1, -0.05) is 0 Å². The molecule has 2 fully saturated rings. The number of alkyl halides is 2. The van der Waals surface area contributed by atoms with Crippen LogP contribution >= 0.6 is 18.5 Å². The fourth-order valence-corrected chi connectivity index (χ4v) is 7.71. The number of nitrogens with zero attached hydrogens (tertiary/aromatic N) is 6. The van der Waals surface area contributed by atoms with Gasteiger partial charge in [0.05, 0.1) is 31.1 Å². The van der Waals surface area contributed by atoms with Gasteiger partial charge in [-0.2, -0.15) is 4.98 Å². The number of aliphatic hydroxyl groups is 2. The first-order valence-electron chi connectivity index (χ1n) is 12.1. The second-order valence-corrected chi connectivity index (χ2v) is 13.6. The largest absolute Gasteiger partial charge is 0.395 e. The number of aromatic amines is 2. The standard InChI is InChI=1S/C20H22F2N9O8PS2/c21-9-8(1-32)42-18(30-5-26-11-15(30)28-19(23)29-17(11)35)12(9)39-40(36,41)38-2-7-13(33)20(22,3-37-7)31-6-27-10-14(31)24-4-25-16(10)34/h4-9,12-13,18,32-33H,1-3H2,(H,36,41)(H,24,25,34)(H3,23,28,29,35)/t7-,8-,9-,12-,13-,18-,20?,40?/m1/s1. The number of hydrogen-bond acceptors (Lipinski definition) is 14. The number of nitrogens with one attached hydrogen (secondary N) is 2. The Labute approximate surface area is 241 Å². The number of ether oxygens (including phenoxy) is 1. The maximum atomic E-state index is 16.0. The maximum Gasteiger partial charge on any atom is 0.325 e. The predicted octanol–water partition coefficient (Wildman–Crippen LogP) is -1.22. The zero-order chi connectivity index (χ0) is 30.0. The smallest absolute Gasteiger partial charge is 0.325 e. The van der Waals surface area contributed by atoms with Gasteiger partial charge in [-0.25, -0.2) is 23.7 Å². The minimum absolute atomic E-state index is 0.00516. The summed E-state index contributed by atoms with van der Waals surface area (Å²) >= 11 is 6.02. The fraction of sp³-hybridized carbons (Fsp3) is 0.500. The molecule has 17 nitrogen and oxygen atoms in total. The molecule has 2 aliphatic heterocycles. The summed E-state index contributed by atoms with van der Waals surface area (Å²) in [5.41, 5.74) is 4.04. The summed E-state index contributed by atoms with van der Waals surface area (Å²) < 4.78 is 49.8. The molecule has 22 heteroatoms. The highest BCUT2D eigenvalue weighted by Gasteiger charge is 2.53. The normalized spacial score (nSPS) is 31.3. The Morgan fingerprint density at radius 1 is 1.26 bits per heavy atom. The molecule has 0 bridgehead atoms. The van der Waals surface area contributed by atoms with Crippen LogP contribution in [0.5, 0.6) is 0 Å². The molecular weight excluding hydrogens is 627 g/mol. The first kappa shape index (κ1) is 29.2. The van der Waals surface area contributed by atoms with Crippen LogP contribution in [0.1, 0.15) is 5.37 Å². The van der Waals surface area contributed by atoms with Crippen LogP contribution in [0.25, 0.3) is 22.3 Å².